The number of furan rings is 1. The van der Waals surface area contributed by atoms with Crippen molar-refractivity contribution in [1.29, 1.82) is 0 Å². The Kier molecular flexibility index (Phi) is 8.06. The van der Waals surface area contributed by atoms with Crippen LogP contribution in [0.1, 0.15) is 49.1 Å². The molecule has 0 bridgehead atoms. The second kappa shape index (κ2) is 12.8. The molecule has 13 heteroatoms. The molecule has 2 aromatic heterocycles. The lowest BCUT2D eigenvalue weighted by molar-refractivity contribution is -0.210. The quantitative estimate of drug-likeness (QED) is 0.402. The molecule has 8 unspecified atom stereocenters. The number of benzene rings is 1. The number of hydrogen-bond donors (Lipinski definition) is 1. The Labute approximate surface area is 289 Å². The monoisotopic (exact) mass is 683 g/mol. The zero-order valence-electron chi connectivity index (χ0n) is 27.9. The lowest BCUT2D eigenvalue weighted by atomic mass is 9.69. The third kappa shape index (κ3) is 5.45. The van der Waals surface area contributed by atoms with Gasteiger partial charge in [-0.25, -0.2) is 14.4 Å². The Morgan fingerprint density at radius 2 is 1.74 bits per heavy atom. The predicted octanol–water partition coefficient (Wildman–Crippen LogP) is 2.95. The standard InChI is InChI=1S/C37H42FN7O5/c38-26-19-24-31-34(32(26)44-13-10-23(20-44)41-35(47)30-18-22-6-1-3-8-28(22)49-30)50-29-9-4-2-7-27(29)45(31)21-25(33(24)46)36(48)42-14-16-43(17-15-42)37-39-11-5-12-40-37/h1,3,5-6,8,11-12,18,21,23-24,26-27,29,31-32,34H,2,4,7,9-10,13-17,19-20H2,(H,41,47). The highest BCUT2D eigenvalue weighted by atomic mass is 19.1. The summed E-state index contributed by atoms with van der Waals surface area (Å²) in [5.41, 5.74) is 0.824. The summed E-state index contributed by atoms with van der Waals surface area (Å²) in [6, 6.07) is 10.00. The first-order valence-electron chi connectivity index (χ1n) is 18.1. The molecule has 5 fully saturated rings. The highest BCUT2D eigenvalue weighted by Gasteiger charge is 2.60. The van der Waals surface area contributed by atoms with E-state index < -0.39 is 24.2 Å². The smallest absolute Gasteiger partial charge is 0.287 e. The highest BCUT2D eigenvalue weighted by Crippen LogP contribution is 2.47. The second-order valence-corrected chi connectivity index (χ2v) is 14.6. The van der Waals surface area contributed by atoms with Gasteiger partial charge in [0.1, 0.15) is 11.8 Å². The third-order valence-corrected chi connectivity index (χ3v) is 11.8. The summed E-state index contributed by atoms with van der Waals surface area (Å²) in [6.45, 7) is 3.12. The lowest BCUT2D eigenvalue weighted by Crippen LogP contribution is -2.73. The lowest BCUT2D eigenvalue weighted by Gasteiger charge is -2.60. The summed E-state index contributed by atoms with van der Waals surface area (Å²) in [4.78, 5) is 58.2. The van der Waals surface area contributed by atoms with E-state index in [9.17, 15) is 14.4 Å². The number of likely N-dealkylation sites (tertiary alicyclic amines) is 1. The summed E-state index contributed by atoms with van der Waals surface area (Å²) >= 11 is 0. The summed E-state index contributed by atoms with van der Waals surface area (Å²) in [5.74, 6) is -0.615. The average molecular weight is 684 g/mol. The van der Waals surface area contributed by atoms with E-state index in [0.29, 0.717) is 57.2 Å². The van der Waals surface area contributed by atoms with E-state index in [1.807, 2.05) is 35.4 Å². The van der Waals surface area contributed by atoms with Crippen molar-refractivity contribution >= 4 is 34.5 Å². The van der Waals surface area contributed by atoms with Crippen LogP contribution in [0.15, 0.2) is 65.0 Å². The number of aromatic nitrogens is 2. The van der Waals surface area contributed by atoms with E-state index in [2.05, 4.69) is 25.1 Å². The fourth-order valence-electron chi connectivity index (χ4n) is 9.41. The van der Waals surface area contributed by atoms with Gasteiger partial charge in [0, 0.05) is 75.2 Å². The molecule has 2 amide bonds. The number of anilines is 1. The molecule has 50 heavy (non-hydrogen) atoms. The van der Waals surface area contributed by atoms with Crippen LogP contribution in [-0.4, -0.2) is 124 Å². The van der Waals surface area contributed by atoms with Gasteiger partial charge in [0.15, 0.2) is 11.5 Å². The highest BCUT2D eigenvalue weighted by molar-refractivity contribution is 6.20. The van der Waals surface area contributed by atoms with Gasteiger partial charge in [-0.3, -0.25) is 19.3 Å². The van der Waals surface area contributed by atoms with Crippen molar-refractivity contribution in [2.24, 2.45) is 5.92 Å². The molecule has 0 radical (unpaired) electrons. The molecular formula is C37H42FN7O5. The van der Waals surface area contributed by atoms with Gasteiger partial charge >= 0.3 is 0 Å². The number of carbonyl (C=O) groups is 3. The van der Waals surface area contributed by atoms with Crippen LogP contribution in [0, 0.1) is 5.92 Å². The van der Waals surface area contributed by atoms with Crippen molar-refractivity contribution < 1.29 is 27.9 Å². The Morgan fingerprint density at radius 3 is 2.56 bits per heavy atom. The molecule has 12 nitrogen and oxygen atoms in total. The summed E-state index contributed by atoms with van der Waals surface area (Å²) in [6.07, 6.45) is 7.83. The van der Waals surface area contributed by atoms with Gasteiger partial charge in [-0.1, -0.05) is 31.0 Å². The number of rotatable bonds is 5. The first-order valence-corrected chi connectivity index (χ1v) is 18.1. The minimum absolute atomic E-state index is 0.0398. The largest absolute Gasteiger partial charge is 0.451 e. The normalized spacial score (nSPS) is 32.8. The van der Waals surface area contributed by atoms with E-state index >= 15 is 4.39 Å². The van der Waals surface area contributed by atoms with Crippen LogP contribution >= 0.6 is 0 Å². The maximum atomic E-state index is 16.6. The van der Waals surface area contributed by atoms with Crippen LogP contribution in [-0.2, 0) is 14.3 Å². The molecule has 0 spiro atoms. The number of piperazine rings is 1. The first-order chi connectivity index (χ1) is 24.4. The van der Waals surface area contributed by atoms with E-state index in [0.717, 1.165) is 31.1 Å². The molecule has 3 aromatic rings. The molecular weight excluding hydrogens is 641 g/mol. The number of ketones is 1. The Bertz CT molecular complexity index is 1780. The van der Waals surface area contributed by atoms with Gasteiger partial charge in [0.25, 0.3) is 11.8 Å². The predicted molar refractivity (Wildman–Crippen MR) is 181 cm³/mol. The number of halogens is 1. The number of amides is 2. The molecule has 2 aliphatic carbocycles. The van der Waals surface area contributed by atoms with Gasteiger partial charge < -0.3 is 29.2 Å². The summed E-state index contributed by atoms with van der Waals surface area (Å²) in [7, 11) is 0. The van der Waals surface area contributed by atoms with Gasteiger partial charge in [-0.15, -0.1) is 0 Å². The number of nitrogens with one attached hydrogen (secondary N) is 1. The Balaban J connectivity index is 0.931. The van der Waals surface area contributed by atoms with Crippen LogP contribution in [0.3, 0.4) is 0 Å². The number of ether oxygens (including phenoxy) is 1. The molecule has 2 saturated carbocycles. The number of alkyl halides is 1. The van der Waals surface area contributed by atoms with Crippen LogP contribution < -0.4 is 10.2 Å². The molecule has 9 rings (SSSR count). The number of para-hydroxylation sites is 1. The van der Waals surface area contributed by atoms with Crippen LogP contribution in [0.4, 0.5) is 10.3 Å². The average Bonchev–Trinajstić information content (AvgIpc) is 3.80. The van der Waals surface area contributed by atoms with Crippen molar-refractivity contribution in [3.05, 3.63) is 66.3 Å². The number of carbonyl (C=O) groups excluding carboxylic acids is 3. The minimum atomic E-state index is -1.32. The maximum Gasteiger partial charge on any atom is 0.287 e. The molecule has 8 atom stereocenters. The van der Waals surface area contributed by atoms with Crippen LogP contribution in [0.2, 0.25) is 0 Å². The molecule has 1 aromatic carbocycles. The molecule has 4 aliphatic heterocycles. The SMILES string of the molecule is O=C(NC1CCN(C2C(F)CC3C(=O)C(C(=O)N4CCN(c5ncccn5)CC4)=CN4C5CCCCC5OC2C34)C1)c1cc2ccccc2o1. The van der Waals surface area contributed by atoms with Crippen molar-refractivity contribution in [3.8, 4) is 0 Å². The first kappa shape index (κ1) is 31.6. The van der Waals surface area contributed by atoms with E-state index in [1.54, 1.807) is 29.4 Å². The fraction of sp³-hybridized carbons (Fsp3) is 0.541. The fourth-order valence-corrected chi connectivity index (χ4v) is 9.41. The van der Waals surface area contributed by atoms with Crippen molar-refractivity contribution in [1.82, 2.24) is 30.0 Å². The number of fused-ring (bicyclic) bond motifs is 3. The zero-order valence-corrected chi connectivity index (χ0v) is 27.9. The Hall–Kier alpha value is -4.36. The third-order valence-electron chi connectivity index (χ3n) is 11.8. The van der Waals surface area contributed by atoms with Gasteiger partial charge in [-0.2, -0.15) is 0 Å². The van der Waals surface area contributed by atoms with Crippen LogP contribution in [0.5, 0.6) is 0 Å². The van der Waals surface area contributed by atoms with Gasteiger partial charge in [-0.05, 0) is 43.9 Å². The topological polar surface area (TPSA) is 124 Å². The van der Waals surface area contributed by atoms with E-state index in [-0.39, 0.29) is 59.6 Å². The second-order valence-electron chi connectivity index (χ2n) is 14.6. The molecule has 3 saturated heterocycles. The van der Waals surface area contributed by atoms with Crippen molar-refractivity contribution in [3.63, 3.8) is 0 Å². The number of nitrogens with zero attached hydrogens (tertiary/aromatic N) is 6. The molecule has 6 aliphatic rings. The van der Waals surface area contributed by atoms with E-state index in [4.69, 9.17) is 9.15 Å². The number of Topliss-reactive ketones (excluding diaryl/α,β-unsaturated/α-hetero) is 1. The van der Waals surface area contributed by atoms with Gasteiger partial charge in [0.2, 0.25) is 5.95 Å². The Morgan fingerprint density at radius 1 is 0.940 bits per heavy atom. The molecule has 6 heterocycles. The summed E-state index contributed by atoms with van der Waals surface area (Å²) in [5, 5.41) is 3.97. The zero-order chi connectivity index (χ0) is 33.9. The number of morpholine rings is 1. The van der Waals surface area contributed by atoms with Crippen LogP contribution in [0.25, 0.3) is 11.0 Å². The maximum absolute atomic E-state index is 16.6. The van der Waals surface area contributed by atoms with E-state index in [1.165, 1.54) is 0 Å². The molecule has 1 N–H and O–H groups in total. The number of hydrogen-bond acceptors (Lipinski definition) is 10. The summed E-state index contributed by atoms with van der Waals surface area (Å²) < 4.78 is 29.2. The van der Waals surface area contributed by atoms with Crippen molar-refractivity contribution in [2.45, 2.75) is 81.1 Å². The van der Waals surface area contributed by atoms with Crippen molar-refractivity contribution in [2.75, 3.05) is 44.2 Å². The minimum Gasteiger partial charge on any atom is -0.451 e. The molecule has 262 valence electrons. The van der Waals surface area contributed by atoms with Gasteiger partial charge in [0.05, 0.1) is 35.9 Å².